The number of hydrogen-bond acceptors (Lipinski definition) is 1. The molecule has 0 bridgehead atoms. The molecule has 1 rings (SSSR count). The zero-order chi connectivity index (χ0) is 8.10. The first-order valence-electron chi connectivity index (χ1n) is 3.60. The van der Waals surface area contributed by atoms with E-state index in [1.54, 1.807) is 0 Å². The molecule has 0 aliphatic rings. The molecule has 0 heterocycles. The van der Waals surface area contributed by atoms with Gasteiger partial charge in [-0.2, -0.15) is 0 Å². The highest BCUT2D eigenvalue weighted by Gasteiger charge is 2.06. The van der Waals surface area contributed by atoms with Crippen molar-refractivity contribution in [2.24, 2.45) is 0 Å². The van der Waals surface area contributed by atoms with Gasteiger partial charge in [0.15, 0.2) is 0 Å². The molecular formula is C9H11BrO. The maximum absolute atomic E-state index is 8.95. The van der Waals surface area contributed by atoms with Crippen LogP contribution in [-0.4, -0.2) is 17.0 Å². The monoisotopic (exact) mass is 214 g/mol. The molecule has 1 aromatic rings. The zero-order valence-electron chi connectivity index (χ0n) is 6.20. The van der Waals surface area contributed by atoms with Gasteiger partial charge in [-0.05, 0) is 5.56 Å². The lowest BCUT2D eigenvalue weighted by Gasteiger charge is -2.09. The van der Waals surface area contributed by atoms with Crippen LogP contribution in [0.4, 0.5) is 0 Å². The second-order valence-corrected chi connectivity index (χ2v) is 3.09. The summed E-state index contributed by atoms with van der Waals surface area (Å²) in [7, 11) is 0. The highest BCUT2D eigenvalue weighted by Crippen LogP contribution is 2.16. The van der Waals surface area contributed by atoms with E-state index in [-0.39, 0.29) is 12.5 Å². The summed E-state index contributed by atoms with van der Waals surface area (Å²) in [4.78, 5) is 0. The summed E-state index contributed by atoms with van der Waals surface area (Å²) in [6.07, 6.45) is 0. The van der Waals surface area contributed by atoms with Crippen molar-refractivity contribution in [3.8, 4) is 0 Å². The fourth-order valence-electron chi connectivity index (χ4n) is 0.968. The second kappa shape index (κ2) is 4.52. The summed E-state index contributed by atoms with van der Waals surface area (Å²) < 4.78 is 0. The van der Waals surface area contributed by atoms with Crippen LogP contribution >= 0.6 is 15.9 Å². The van der Waals surface area contributed by atoms with E-state index in [1.165, 1.54) is 5.56 Å². The van der Waals surface area contributed by atoms with Crippen molar-refractivity contribution in [1.29, 1.82) is 0 Å². The summed E-state index contributed by atoms with van der Waals surface area (Å²) in [6.45, 7) is 0.204. The molecule has 0 unspecified atom stereocenters. The smallest absolute Gasteiger partial charge is 0.0507 e. The van der Waals surface area contributed by atoms with Crippen LogP contribution in [0.25, 0.3) is 0 Å². The van der Waals surface area contributed by atoms with E-state index in [9.17, 15) is 0 Å². The van der Waals surface area contributed by atoms with Crippen LogP contribution in [0.3, 0.4) is 0 Å². The Balaban J connectivity index is 2.74. The SMILES string of the molecule is OC[C@@H](CBr)c1ccccc1. The molecule has 0 aliphatic carbocycles. The van der Waals surface area contributed by atoms with Crippen LogP contribution in [-0.2, 0) is 0 Å². The Hall–Kier alpha value is -0.340. The van der Waals surface area contributed by atoms with Crippen molar-refractivity contribution in [2.45, 2.75) is 5.92 Å². The Kier molecular flexibility index (Phi) is 3.60. The Bertz CT molecular complexity index is 194. The molecule has 1 N–H and O–H groups in total. The fraction of sp³-hybridized carbons (Fsp3) is 0.333. The number of halogens is 1. The Morgan fingerprint density at radius 1 is 1.27 bits per heavy atom. The van der Waals surface area contributed by atoms with Crippen molar-refractivity contribution in [3.05, 3.63) is 35.9 Å². The van der Waals surface area contributed by atoms with Gasteiger partial charge in [0, 0.05) is 11.2 Å². The van der Waals surface area contributed by atoms with Crippen LogP contribution in [0.1, 0.15) is 11.5 Å². The van der Waals surface area contributed by atoms with E-state index < -0.39 is 0 Å². The van der Waals surface area contributed by atoms with Crippen molar-refractivity contribution in [3.63, 3.8) is 0 Å². The van der Waals surface area contributed by atoms with Gasteiger partial charge in [-0.25, -0.2) is 0 Å². The minimum Gasteiger partial charge on any atom is -0.396 e. The molecular weight excluding hydrogens is 204 g/mol. The van der Waals surface area contributed by atoms with Gasteiger partial charge in [0.2, 0.25) is 0 Å². The molecule has 60 valence electrons. The molecule has 0 fully saturated rings. The van der Waals surface area contributed by atoms with Gasteiger partial charge in [0.05, 0.1) is 6.61 Å². The standard InChI is InChI=1S/C9H11BrO/c10-6-9(7-11)8-4-2-1-3-5-8/h1-5,9,11H,6-7H2/t9-/m1/s1. The van der Waals surface area contributed by atoms with Gasteiger partial charge in [0.1, 0.15) is 0 Å². The van der Waals surface area contributed by atoms with Crippen molar-refractivity contribution in [2.75, 3.05) is 11.9 Å². The van der Waals surface area contributed by atoms with Crippen LogP contribution in [0.15, 0.2) is 30.3 Å². The lowest BCUT2D eigenvalue weighted by Crippen LogP contribution is -2.04. The quantitative estimate of drug-likeness (QED) is 0.766. The highest BCUT2D eigenvalue weighted by atomic mass is 79.9. The topological polar surface area (TPSA) is 20.2 Å². The number of aliphatic hydroxyl groups is 1. The van der Waals surface area contributed by atoms with Gasteiger partial charge in [-0.15, -0.1) is 0 Å². The van der Waals surface area contributed by atoms with Crippen LogP contribution < -0.4 is 0 Å². The first-order chi connectivity index (χ1) is 5.38. The Morgan fingerprint density at radius 2 is 1.91 bits per heavy atom. The maximum Gasteiger partial charge on any atom is 0.0507 e. The third kappa shape index (κ3) is 2.31. The number of alkyl halides is 1. The second-order valence-electron chi connectivity index (χ2n) is 2.44. The van der Waals surface area contributed by atoms with Gasteiger partial charge in [-0.1, -0.05) is 46.3 Å². The highest BCUT2D eigenvalue weighted by molar-refractivity contribution is 9.09. The lowest BCUT2D eigenvalue weighted by molar-refractivity contribution is 0.275. The molecule has 0 spiro atoms. The molecule has 1 nitrogen and oxygen atoms in total. The van der Waals surface area contributed by atoms with Crippen molar-refractivity contribution >= 4 is 15.9 Å². The molecule has 0 radical (unpaired) electrons. The minimum absolute atomic E-state index is 0.204. The lowest BCUT2D eigenvalue weighted by atomic mass is 10.0. The molecule has 2 heteroatoms. The van der Waals surface area contributed by atoms with Crippen LogP contribution in [0, 0.1) is 0 Å². The molecule has 0 aliphatic heterocycles. The summed E-state index contributed by atoms with van der Waals surface area (Å²) in [5.74, 6) is 0.233. The third-order valence-electron chi connectivity index (χ3n) is 1.68. The third-order valence-corrected chi connectivity index (χ3v) is 2.46. The van der Waals surface area contributed by atoms with Gasteiger partial charge in [-0.3, -0.25) is 0 Å². The first-order valence-corrected chi connectivity index (χ1v) is 4.72. The first kappa shape index (κ1) is 8.75. The molecule has 1 atom stereocenters. The number of aliphatic hydroxyl groups excluding tert-OH is 1. The van der Waals surface area contributed by atoms with Gasteiger partial charge >= 0.3 is 0 Å². The minimum atomic E-state index is 0.204. The molecule has 0 saturated heterocycles. The average Bonchev–Trinajstić information content (AvgIpc) is 2.09. The largest absolute Gasteiger partial charge is 0.396 e. The number of benzene rings is 1. The summed E-state index contributed by atoms with van der Waals surface area (Å²) in [6, 6.07) is 10.0. The summed E-state index contributed by atoms with van der Waals surface area (Å²) in [5, 5.41) is 9.76. The predicted octanol–water partition coefficient (Wildman–Crippen LogP) is 2.16. The molecule has 0 amide bonds. The molecule has 0 saturated carbocycles. The fourth-order valence-corrected chi connectivity index (χ4v) is 1.55. The van der Waals surface area contributed by atoms with E-state index in [4.69, 9.17) is 5.11 Å². The number of hydrogen-bond donors (Lipinski definition) is 1. The summed E-state index contributed by atoms with van der Waals surface area (Å²) >= 11 is 3.35. The number of rotatable bonds is 3. The van der Waals surface area contributed by atoms with Gasteiger partial charge < -0.3 is 5.11 Å². The average molecular weight is 215 g/mol. The normalized spacial score (nSPS) is 12.9. The van der Waals surface area contributed by atoms with E-state index >= 15 is 0 Å². The Labute approximate surface area is 75.2 Å². The van der Waals surface area contributed by atoms with E-state index in [2.05, 4.69) is 15.9 Å². The predicted molar refractivity (Wildman–Crippen MR) is 50.1 cm³/mol. The van der Waals surface area contributed by atoms with E-state index in [0.717, 1.165) is 5.33 Å². The molecule has 11 heavy (non-hydrogen) atoms. The van der Waals surface area contributed by atoms with E-state index in [0.29, 0.717) is 0 Å². The summed E-state index contributed by atoms with van der Waals surface area (Å²) in [5.41, 5.74) is 1.19. The van der Waals surface area contributed by atoms with Crippen molar-refractivity contribution < 1.29 is 5.11 Å². The van der Waals surface area contributed by atoms with E-state index in [1.807, 2.05) is 30.3 Å². The van der Waals surface area contributed by atoms with Crippen molar-refractivity contribution in [1.82, 2.24) is 0 Å². The molecule has 0 aromatic heterocycles. The van der Waals surface area contributed by atoms with Crippen LogP contribution in [0.2, 0.25) is 0 Å². The Morgan fingerprint density at radius 3 is 2.36 bits per heavy atom. The van der Waals surface area contributed by atoms with Crippen LogP contribution in [0.5, 0.6) is 0 Å². The maximum atomic E-state index is 8.95. The van der Waals surface area contributed by atoms with Gasteiger partial charge in [0.25, 0.3) is 0 Å². The zero-order valence-corrected chi connectivity index (χ0v) is 7.79. The molecule has 1 aromatic carbocycles.